The van der Waals surface area contributed by atoms with E-state index in [0.29, 0.717) is 39.5 Å². The first kappa shape index (κ1) is 37.7. The maximum atomic E-state index is 10.3. The van der Waals surface area contributed by atoms with Crippen LogP contribution in [0.1, 0.15) is 49.4 Å². The fourth-order valence-electron chi connectivity index (χ4n) is 5.99. The Balaban J connectivity index is 1.73. The summed E-state index contributed by atoms with van der Waals surface area (Å²) >= 11 is 0. The summed E-state index contributed by atoms with van der Waals surface area (Å²) in [6.07, 6.45) is -1.62. The third-order valence-corrected chi connectivity index (χ3v) is 13.7. The van der Waals surface area contributed by atoms with Crippen molar-refractivity contribution in [2.24, 2.45) is 0 Å². The Morgan fingerprint density at radius 3 is 1.27 bits per heavy atom. The Bertz CT molecular complexity index is 1360. The van der Waals surface area contributed by atoms with Crippen molar-refractivity contribution in [3.8, 4) is 0 Å². The van der Waals surface area contributed by atoms with Crippen molar-refractivity contribution in [2.45, 2.75) is 96.2 Å². The topological polar surface area (TPSA) is 66.4 Å². The molecule has 0 radical (unpaired) electrons. The number of ether oxygens (including phenoxy) is 4. The Morgan fingerprint density at radius 1 is 0.500 bits per heavy atom. The Kier molecular flexibility index (Phi) is 16.5. The molecule has 0 unspecified atom stereocenters. The maximum Gasteiger partial charge on any atom is 0.192 e. The van der Waals surface area contributed by atoms with Gasteiger partial charge in [-0.05, 0) is 46.8 Å². The van der Waals surface area contributed by atoms with Crippen molar-refractivity contribution in [3.63, 3.8) is 0 Å². The van der Waals surface area contributed by atoms with Crippen molar-refractivity contribution >= 4 is 8.32 Å². The summed E-state index contributed by atoms with van der Waals surface area (Å²) in [6, 6.07) is 43.6. The van der Waals surface area contributed by atoms with E-state index in [1.807, 2.05) is 84.9 Å². The molecule has 0 aliphatic heterocycles. The summed E-state index contributed by atoms with van der Waals surface area (Å²) in [5.41, 5.74) is 4.26. The minimum Gasteiger partial charge on any atom is -0.409 e. The van der Waals surface area contributed by atoms with Gasteiger partial charge in [0, 0.05) is 6.61 Å². The number of aliphatic hydroxyl groups excluding tert-OH is 1. The SMILES string of the molecule is CC[Si](CC)(CC)O[C@H](COCc1ccccc1)[C@@H](OCc1ccccc1)[C@H](OCc1ccccc1)[C@H](CCO)OCc1ccccc1. The summed E-state index contributed by atoms with van der Waals surface area (Å²) in [7, 11) is -2.14. The van der Waals surface area contributed by atoms with E-state index in [2.05, 4.69) is 57.2 Å². The molecule has 7 heteroatoms. The van der Waals surface area contributed by atoms with E-state index in [9.17, 15) is 5.11 Å². The van der Waals surface area contributed by atoms with Gasteiger partial charge in [-0.1, -0.05) is 142 Å². The van der Waals surface area contributed by atoms with E-state index in [4.69, 9.17) is 23.4 Å². The van der Waals surface area contributed by atoms with Crippen LogP contribution in [0.15, 0.2) is 121 Å². The van der Waals surface area contributed by atoms with Crippen LogP contribution in [-0.2, 0) is 49.8 Å². The summed E-state index contributed by atoms with van der Waals surface area (Å²) < 4.78 is 34.2. The molecule has 258 valence electrons. The first-order chi connectivity index (χ1) is 23.6. The summed E-state index contributed by atoms with van der Waals surface area (Å²) in [5, 5.41) is 10.3. The summed E-state index contributed by atoms with van der Waals surface area (Å²) in [5.74, 6) is 0. The lowest BCUT2D eigenvalue weighted by atomic mass is 9.99. The fourth-order valence-corrected chi connectivity index (χ4v) is 8.84. The van der Waals surface area contributed by atoms with Gasteiger partial charge in [0.1, 0.15) is 12.2 Å². The van der Waals surface area contributed by atoms with Gasteiger partial charge in [-0.25, -0.2) is 0 Å². The second kappa shape index (κ2) is 21.1. The average molecular weight is 671 g/mol. The van der Waals surface area contributed by atoms with Crippen LogP contribution in [0, 0.1) is 0 Å². The minimum atomic E-state index is -2.14. The van der Waals surface area contributed by atoms with E-state index in [1.54, 1.807) is 0 Å². The zero-order valence-corrected chi connectivity index (χ0v) is 29.9. The molecular weight excluding hydrogens is 617 g/mol. The van der Waals surface area contributed by atoms with Crippen LogP contribution < -0.4 is 0 Å². The molecule has 4 rings (SSSR count). The largest absolute Gasteiger partial charge is 0.409 e. The molecule has 6 nitrogen and oxygen atoms in total. The van der Waals surface area contributed by atoms with E-state index in [0.717, 1.165) is 40.4 Å². The molecule has 0 spiro atoms. The summed E-state index contributed by atoms with van der Waals surface area (Å²) in [4.78, 5) is 0. The van der Waals surface area contributed by atoms with Crippen LogP contribution in [-0.4, -0.2) is 51.1 Å². The monoisotopic (exact) mass is 670 g/mol. The molecular formula is C41H54O6Si. The Morgan fingerprint density at radius 2 is 0.875 bits per heavy atom. The molecule has 0 fully saturated rings. The maximum absolute atomic E-state index is 10.3. The predicted molar refractivity (Wildman–Crippen MR) is 195 cm³/mol. The number of rotatable bonds is 23. The van der Waals surface area contributed by atoms with Crippen molar-refractivity contribution < 1.29 is 28.5 Å². The number of hydrogen-bond acceptors (Lipinski definition) is 6. The Hall–Kier alpha value is -3.14. The van der Waals surface area contributed by atoms with Gasteiger partial charge in [0.25, 0.3) is 0 Å². The van der Waals surface area contributed by atoms with E-state index < -0.39 is 32.7 Å². The molecule has 4 atom stereocenters. The van der Waals surface area contributed by atoms with Gasteiger partial charge in [0.2, 0.25) is 0 Å². The van der Waals surface area contributed by atoms with Crippen LogP contribution in [0.3, 0.4) is 0 Å². The molecule has 0 amide bonds. The number of hydrogen-bond donors (Lipinski definition) is 1. The lowest BCUT2D eigenvalue weighted by Gasteiger charge is -2.41. The second-order valence-electron chi connectivity index (χ2n) is 12.3. The molecule has 0 aliphatic carbocycles. The van der Waals surface area contributed by atoms with E-state index >= 15 is 0 Å². The molecule has 0 saturated carbocycles. The first-order valence-corrected chi connectivity index (χ1v) is 20.0. The molecule has 0 heterocycles. The predicted octanol–water partition coefficient (Wildman–Crippen LogP) is 8.73. The number of benzene rings is 4. The molecule has 4 aromatic rings. The zero-order chi connectivity index (χ0) is 33.9. The molecule has 0 bridgehead atoms. The van der Waals surface area contributed by atoms with Gasteiger partial charge in [0.15, 0.2) is 8.32 Å². The second-order valence-corrected chi connectivity index (χ2v) is 17.0. The normalized spacial score (nSPS) is 14.3. The van der Waals surface area contributed by atoms with Crippen LogP contribution in [0.2, 0.25) is 18.1 Å². The molecule has 0 aromatic heterocycles. The highest BCUT2D eigenvalue weighted by atomic mass is 28.4. The molecule has 0 aliphatic rings. The average Bonchev–Trinajstić information content (AvgIpc) is 3.15. The molecule has 1 N–H and O–H groups in total. The minimum absolute atomic E-state index is 0.0519. The fraction of sp³-hybridized carbons (Fsp3) is 0.415. The number of aliphatic hydroxyl groups is 1. The van der Waals surface area contributed by atoms with E-state index in [1.165, 1.54) is 0 Å². The lowest BCUT2D eigenvalue weighted by molar-refractivity contribution is -0.187. The third-order valence-electron chi connectivity index (χ3n) is 9.08. The van der Waals surface area contributed by atoms with Crippen LogP contribution in [0.5, 0.6) is 0 Å². The zero-order valence-electron chi connectivity index (χ0n) is 28.9. The van der Waals surface area contributed by atoms with Crippen molar-refractivity contribution in [3.05, 3.63) is 144 Å². The highest BCUT2D eigenvalue weighted by Crippen LogP contribution is 2.30. The molecule has 48 heavy (non-hydrogen) atoms. The summed E-state index contributed by atoms with van der Waals surface area (Å²) in [6.45, 7) is 8.58. The van der Waals surface area contributed by atoms with Crippen molar-refractivity contribution in [1.82, 2.24) is 0 Å². The molecule has 4 aromatic carbocycles. The van der Waals surface area contributed by atoms with Crippen LogP contribution in [0.4, 0.5) is 0 Å². The van der Waals surface area contributed by atoms with Gasteiger partial charge < -0.3 is 28.5 Å². The lowest BCUT2D eigenvalue weighted by Crippen LogP contribution is -2.54. The Labute approximate surface area is 289 Å². The highest BCUT2D eigenvalue weighted by Gasteiger charge is 2.42. The van der Waals surface area contributed by atoms with Crippen LogP contribution >= 0.6 is 0 Å². The molecule has 0 saturated heterocycles. The van der Waals surface area contributed by atoms with Gasteiger partial charge in [-0.15, -0.1) is 0 Å². The highest BCUT2D eigenvalue weighted by molar-refractivity contribution is 6.73. The van der Waals surface area contributed by atoms with Gasteiger partial charge in [-0.3, -0.25) is 0 Å². The standard InChI is InChI=1S/C41H54O6Si/c1-4-48(5-2,6-3)47-39(33-43-29-34-19-11-7-12-20-34)41(46-32-37-25-17-10-18-26-37)40(45-31-36-23-15-9-16-24-36)38(27-28-42)44-30-35-21-13-8-14-22-35/h7-26,38-42H,4-6,27-33H2,1-3H3/t38-,39+,40+,41+/m0/s1. The van der Waals surface area contributed by atoms with Crippen molar-refractivity contribution in [1.29, 1.82) is 0 Å². The van der Waals surface area contributed by atoms with Gasteiger partial charge in [0.05, 0.1) is 45.2 Å². The third kappa shape index (κ3) is 12.1. The van der Waals surface area contributed by atoms with Gasteiger partial charge in [-0.2, -0.15) is 0 Å². The van der Waals surface area contributed by atoms with E-state index in [-0.39, 0.29) is 6.61 Å². The quantitative estimate of drug-likeness (QED) is 0.0797. The van der Waals surface area contributed by atoms with Crippen molar-refractivity contribution in [2.75, 3.05) is 13.2 Å². The first-order valence-electron chi connectivity index (χ1n) is 17.5. The smallest absolute Gasteiger partial charge is 0.192 e. The van der Waals surface area contributed by atoms with Crippen LogP contribution in [0.25, 0.3) is 0 Å². The van der Waals surface area contributed by atoms with Gasteiger partial charge >= 0.3 is 0 Å².